The van der Waals surface area contributed by atoms with E-state index in [9.17, 15) is 9.59 Å². The van der Waals surface area contributed by atoms with Gasteiger partial charge < -0.3 is 29.9 Å². The van der Waals surface area contributed by atoms with Gasteiger partial charge in [0.05, 0.1) is 6.10 Å². The van der Waals surface area contributed by atoms with Gasteiger partial charge in [0.2, 0.25) is 5.91 Å². The van der Waals surface area contributed by atoms with Crippen LogP contribution in [-0.4, -0.2) is 92.4 Å². The minimum atomic E-state index is -0.505. The Morgan fingerprint density at radius 2 is 1.97 bits per heavy atom. The lowest BCUT2D eigenvalue weighted by molar-refractivity contribution is -0.127. The predicted octanol–water partition coefficient (Wildman–Crippen LogP) is 1.43. The molecule has 31 heavy (non-hydrogen) atoms. The zero-order valence-electron chi connectivity index (χ0n) is 19.6. The highest BCUT2D eigenvalue weighted by Crippen LogP contribution is 2.38. The van der Waals surface area contributed by atoms with Gasteiger partial charge in [-0.2, -0.15) is 0 Å². The minimum Gasteiger partial charge on any atom is -0.444 e. The number of hydrogen-bond donors (Lipinski definition) is 2. The van der Waals surface area contributed by atoms with E-state index in [-0.39, 0.29) is 30.7 Å². The summed E-state index contributed by atoms with van der Waals surface area (Å²) in [7, 11) is 3.48. The number of guanidine groups is 1. The highest BCUT2D eigenvalue weighted by molar-refractivity contribution is 5.85. The van der Waals surface area contributed by atoms with Crippen LogP contribution in [0.3, 0.4) is 0 Å². The van der Waals surface area contributed by atoms with E-state index in [4.69, 9.17) is 9.47 Å². The van der Waals surface area contributed by atoms with E-state index in [0.29, 0.717) is 18.4 Å². The van der Waals surface area contributed by atoms with Crippen molar-refractivity contribution in [2.24, 2.45) is 16.8 Å². The molecule has 2 heterocycles. The van der Waals surface area contributed by atoms with Crippen LogP contribution in [0.4, 0.5) is 4.79 Å². The van der Waals surface area contributed by atoms with E-state index in [0.717, 1.165) is 51.3 Å². The lowest BCUT2D eigenvalue weighted by atomic mass is 9.98. The van der Waals surface area contributed by atoms with Crippen molar-refractivity contribution < 1.29 is 19.1 Å². The van der Waals surface area contributed by atoms with Crippen molar-refractivity contribution in [3.8, 4) is 0 Å². The van der Waals surface area contributed by atoms with Crippen molar-refractivity contribution in [1.29, 1.82) is 0 Å². The van der Waals surface area contributed by atoms with Gasteiger partial charge in [-0.25, -0.2) is 9.79 Å². The fourth-order valence-corrected chi connectivity index (χ4v) is 4.64. The third kappa shape index (κ3) is 6.72. The smallest absolute Gasteiger partial charge is 0.407 e. The van der Waals surface area contributed by atoms with E-state index in [2.05, 4.69) is 20.5 Å². The molecule has 2 saturated heterocycles. The number of carbonyl (C=O) groups is 2. The number of aliphatic imine (C=N–C) groups is 1. The van der Waals surface area contributed by atoms with E-state index >= 15 is 0 Å². The van der Waals surface area contributed by atoms with Crippen molar-refractivity contribution in [3.63, 3.8) is 0 Å². The molecule has 0 aromatic carbocycles. The third-order valence-electron chi connectivity index (χ3n) is 6.23. The second-order valence-electron chi connectivity index (χ2n) is 10.1. The normalized spacial score (nSPS) is 28.4. The zero-order valence-corrected chi connectivity index (χ0v) is 19.6. The molecule has 4 atom stereocenters. The molecule has 9 heteroatoms. The number of likely N-dealkylation sites (N-methyl/N-ethyl adjacent to an activating group) is 1. The SMILES string of the molecule is CN(C)C(=O)CN=C(NCC1CCCO1)N1CC2CCC(NC(=O)OC(C)(C)C)C2C1. The summed E-state index contributed by atoms with van der Waals surface area (Å²) in [6.45, 7) is 8.93. The molecular formula is C22H39N5O4. The number of fused-ring (bicyclic) bond motifs is 1. The summed E-state index contributed by atoms with van der Waals surface area (Å²) >= 11 is 0. The fourth-order valence-electron chi connectivity index (χ4n) is 4.64. The molecule has 176 valence electrons. The molecule has 0 aromatic heterocycles. The van der Waals surface area contributed by atoms with Gasteiger partial charge in [0.1, 0.15) is 12.1 Å². The van der Waals surface area contributed by atoms with E-state index in [1.807, 2.05) is 20.8 Å². The summed E-state index contributed by atoms with van der Waals surface area (Å²) in [4.78, 5) is 32.8. The Hall–Kier alpha value is -2.03. The highest BCUT2D eigenvalue weighted by Gasteiger charge is 2.44. The van der Waals surface area contributed by atoms with Crippen molar-refractivity contribution in [3.05, 3.63) is 0 Å². The molecule has 3 fully saturated rings. The van der Waals surface area contributed by atoms with Gasteiger partial charge in [-0.3, -0.25) is 4.79 Å². The number of hydrogen-bond acceptors (Lipinski definition) is 5. The summed E-state index contributed by atoms with van der Waals surface area (Å²) < 4.78 is 11.2. The van der Waals surface area contributed by atoms with Gasteiger partial charge in [-0.05, 0) is 52.4 Å². The molecule has 3 aliphatic rings. The molecule has 1 saturated carbocycles. The monoisotopic (exact) mass is 437 g/mol. The summed E-state index contributed by atoms with van der Waals surface area (Å²) in [6, 6.07) is 0.104. The number of carbonyl (C=O) groups excluding carboxylic acids is 2. The standard InChI is InChI=1S/C22H39N5O4/c1-22(2,3)31-21(29)25-18-9-8-15-13-27(14-17(15)18)20(24-12-19(28)26(4)5)23-11-16-7-6-10-30-16/h15-18H,6-14H2,1-5H3,(H,23,24)(H,25,29). The van der Waals surface area contributed by atoms with Gasteiger partial charge >= 0.3 is 6.09 Å². The maximum Gasteiger partial charge on any atom is 0.407 e. The van der Waals surface area contributed by atoms with E-state index in [1.165, 1.54) is 0 Å². The van der Waals surface area contributed by atoms with Crippen LogP contribution in [0.2, 0.25) is 0 Å². The van der Waals surface area contributed by atoms with Crippen LogP contribution >= 0.6 is 0 Å². The Kier molecular flexibility index (Phi) is 7.67. The Bertz CT molecular complexity index is 669. The molecule has 3 rings (SSSR count). The Balaban J connectivity index is 1.61. The first kappa shape index (κ1) is 23.6. The summed E-state index contributed by atoms with van der Waals surface area (Å²) in [5, 5.41) is 6.52. The molecule has 2 aliphatic heterocycles. The zero-order chi connectivity index (χ0) is 22.6. The Morgan fingerprint density at radius 1 is 1.19 bits per heavy atom. The molecule has 2 amide bonds. The average molecular weight is 438 g/mol. The molecule has 9 nitrogen and oxygen atoms in total. The van der Waals surface area contributed by atoms with Crippen LogP contribution in [0.5, 0.6) is 0 Å². The number of nitrogens with zero attached hydrogens (tertiary/aromatic N) is 3. The van der Waals surface area contributed by atoms with Crippen LogP contribution in [0.15, 0.2) is 4.99 Å². The molecule has 0 bridgehead atoms. The van der Waals surface area contributed by atoms with Crippen LogP contribution in [0, 0.1) is 11.8 Å². The maximum atomic E-state index is 12.3. The number of likely N-dealkylation sites (tertiary alicyclic amines) is 1. The second-order valence-corrected chi connectivity index (χ2v) is 10.1. The van der Waals surface area contributed by atoms with Crippen molar-refractivity contribution >= 4 is 18.0 Å². The third-order valence-corrected chi connectivity index (χ3v) is 6.23. The number of nitrogens with one attached hydrogen (secondary N) is 2. The van der Waals surface area contributed by atoms with E-state index < -0.39 is 5.60 Å². The number of ether oxygens (including phenoxy) is 2. The average Bonchev–Trinajstić information content (AvgIpc) is 3.39. The highest BCUT2D eigenvalue weighted by atomic mass is 16.6. The molecule has 0 spiro atoms. The summed E-state index contributed by atoms with van der Waals surface area (Å²) in [5.74, 6) is 1.59. The molecule has 1 aliphatic carbocycles. The first-order chi connectivity index (χ1) is 14.6. The number of alkyl carbamates (subject to hydrolysis) is 1. The summed E-state index contributed by atoms with van der Waals surface area (Å²) in [6.07, 6.45) is 4.01. The number of rotatable bonds is 5. The quantitative estimate of drug-likeness (QED) is 0.499. The predicted molar refractivity (Wildman–Crippen MR) is 119 cm³/mol. The molecule has 2 N–H and O–H groups in total. The molecule has 4 unspecified atom stereocenters. The van der Waals surface area contributed by atoms with Crippen LogP contribution in [0.1, 0.15) is 46.5 Å². The van der Waals surface area contributed by atoms with Gasteiger partial charge in [0.25, 0.3) is 0 Å². The topological polar surface area (TPSA) is 95.5 Å². The summed E-state index contributed by atoms with van der Waals surface area (Å²) in [5.41, 5.74) is -0.505. The lowest BCUT2D eigenvalue weighted by Crippen LogP contribution is -2.46. The van der Waals surface area contributed by atoms with Crippen molar-refractivity contribution in [1.82, 2.24) is 20.4 Å². The largest absolute Gasteiger partial charge is 0.444 e. The Morgan fingerprint density at radius 3 is 2.61 bits per heavy atom. The first-order valence-electron chi connectivity index (χ1n) is 11.5. The number of amides is 2. The van der Waals surface area contributed by atoms with Gasteiger partial charge in [0.15, 0.2) is 5.96 Å². The van der Waals surface area contributed by atoms with Crippen LogP contribution in [0.25, 0.3) is 0 Å². The van der Waals surface area contributed by atoms with Gasteiger partial charge in [0, 0.05) is 52.3 Å². The second kappa shape index (κ2) is 10.1. The molecule has 0 aromatic rings. The Labute approximate surface area is 185 Å². The fraction of sp³-hybridized carbons (Fsp3) is 0.864. The van der Waals surface area contributed by atoms with Crippen LogP contribution < -0.4 is 10.6 Å². The maximum absolute atomic E-state index is 12.3. The minimum absolute atomic E-state index is 0.0275. The van der Waals surface area contributed by atoms with Crippen LogP contribution in [-0.2, 0) is 14.3 Å². The van der Waals surface area contributed by atoms with Gasteiger partial charge in [-0.1, -0.05) is 0 Å². The molecular weight excluding hydrogens is 398 g/mol. The van der Waals surface area contributed by atoms with E-state index in [1.54, 1.807) is 19.0 Å². The van der Waals surface area contributed by atoms with Gasteiger partial charge in [-0.15, -0.1) is 0 Å². The van der Waals surface area contributed by atoms with Crippen molar-refractivity contribution in [2.75, 3.05) is 46.9 Å². The lowest BCUT2D eigenvalue weighted by Gasteiger charge is -2.26. The molecule has 0 radical (unpaired) electrons. The first-order valence-corrected chi connectivity index (χ1v) is 11.5. The van der Waals surface area contributed by atoms with Crippen molar-refractivity contribution in [2.45, 2.75) is 64.2 Å².